The number of fused-ring (bicyclic) bond motifs is 3. The molecule has 0 saturated heterocycles. The molecule has 6 N–H and O–H groups in total. The summed E-state index contributed by atoms with van der Waals surface area (Å²) in [7, 11) is 1.64. The number of aliphatic hydroxyl groups excluding tert-OH is 1. The smallest absolute Gasteiger partial charge is 0.355 e. The highest BCUT2D eigenvalue weighted by Gasteiger charge is 2.60. The number of hydrogen-bond donors (Lipinski definition) is 5. The first-order chi connectivity index (χ1) is 28.8. The minimum Gasteiger partial charge on any atom is -0.497 e. The van der Waals surface area contributed by atoms with Crippen molar-refractivity contribution >= 4 is 61.4 Å². The van der Waals surface area contributed by atoms with Gasteiger partial charge in [0, 0.05) is 66.5 Å². The number of ether oxygens (including phenoxy) is 2. The molecule has 320 valence electrons. The molecule has 15 heteroatoms. The van der Waals surface area contributed by atoms with Gasteiger partial charge in [-0.25, -0.2) is 14.8 Å². The van der Waals surface area contributed by atoms with Gasteiger partial charge in [0.2, 0.25) is 0 Å². The van der Waals surface area contributed by atoms with Crippen LogP contribution in [0.3, 0.4) is 0 Å². The fourth-order valence-electron chi connectivity index (χ4n) is 11.4. The number of thiazole rings is 1. The molecule has 5 aliphatic rings. The van der Waals surface area contributed by atoms with E-state index in [2.05, 4.69) is 34.7 Å². The third kappa shape index (κ3) is 8.46. The minimum absolute atomic E-state index is 0.0860. The summed E-state index contributed by atoms with van der Waals surface area (Å²) in [5.74, 6) is 2.28. The second-order valence-electron chi connectivity index (χ2n) is 18.2. The Kier molecular flexibility index (Phi) is 11.9. The van der Waals surface area contributed by atoms with E-state index < -0.39 is 5.97 Å². The normalized spacial score (nSPS) is 26.3. The highest BCUT2D eigenvalue weighted by molar-refractivity contribution is 7.22. The van der Waals surface area contributed by atoms with Gasteiger partial charge in [-0.2, -0.15) is 0 Å². The van der Waals surface area contributed by atoms with Crippen LogP contribution in [-0.2, 0) is 11.2 Å². The monoisotopic (exact) mass is 837 g/mol. The largest absolute Gasteiger partial charge is 0.497 e. The number of aromatic carboxylic acids is 1. The number of carboxylic acids is 1. The first kappa shape index (κ1) is 42.0. The first-order valence-corrected chi connectivity index (χ1v) is 22.1. The number of allylic oxidation sites excluding steroid dienone is 1. The van der Waals surface area contributed by atoms with Gasteiger partial charge in [-0.05, 0) is 125 Å². The molecule has 1 aromatic carbocycles. The number of nitrogens with two attached hydrogens (primary N) is 1. The van der Waals surface area contributed by atoms with Crippen molar-refractivity contribution < 1.29 is 24.5 Å². The summed E-state index contributed by atoms with van der Waals surface area (Å²) in [5.41, 5.74) is 11.0. The van der Waals surface area contributed by atoms with Crippen LogP contribution in [0.2, 0.25) is 0 Å². The Balaban J connectivity index is 0.991. The highest BCUT2D eigenvalue weighted by atomic mass is 32.1. The number of carboxylic acid groups (broad SMARTS) is 1. The molecule has 4 aromatic rings. The average molecular weight is 838 g/mol. The van der Waals surface area contributed by atoms with E-state index in [9.17, 15) is 9.90 Å². The van der Waals surface area contributed by atoms with E-state index in [-0.39, 0.29) is 28.7 Å². The molecule has 4 aliphatic carbocycles. The van der Waals surface area contributed by atoms with Crippen LogP contribution in [0.1, 0.15) is 99.3 Å². The molecule has 0 amide bonds. The Bertz CT molecular complexity index is 2320. The summed E-state index contributed by atoms with van der Waals surface area (Å²) in [6, 6.07) is 9.46. The minimum atomic E-state index is -1.14. The lowest BCUT2D eigenvalue weighted by atomic mass is 9.53. The van der Waals surface area contributed by atoms with Crippen molar-refractivity contribution in [1.82, 2.24) is 25.5 Å². The van der Waals surface area contributed by atoms with Crippen LogP contribution in [0.25, 0.3) is 15.8 Å². The van der Waals surface area contributed by atoms with Gasteiger partial charge < -0.3 is 41.0 Å². The van der Waals surface area contributed by atoms with Gasteiger partial charge in [-0.1, -0.05) is 25.2 Å². The van der Waals surface area contributed by atoms with Crippen LogP contribution in [0, 0.1) is 29.6 Å². The van der Waals surface area contributed by atoms with Crippen molar-refractivity contribution in [3.05, 3.63) is 58.9 Å². The number of methoxy groups -OCH3 is 1. The number of carbonyl (C=O) groups is 1. The lowest BCUT2D eigenvalue weighted by Gasteiger charge is -2.56. The molecular weight excluding hydrogens is 779 g/mol. The molecule has 4 bridgehead atoms. The zero-order chi connectivity index (χ0) is 42.2. The topological polar surface area (TPSA) is 193 Å². The Morgan fingerprint density at radius 1 is 1.10 bits per heavy atom. The molecule has 9 rings (SSSR count). The van der Waals surface area contributed by atoms with Gasteiger partial charge in [-0.15, -0.1) is 10.2 Å². The molecular formula is C45H59N9O5S. The Morgan fingerprint density at radius 3 is 2.68 bits per heavy atom. The highest BCUT2D eigenvalue weighted by Crippen LogP contribution is 2.66. The fraction of sp³-hybridized carbons (Fsp3) is 0.556. The second-order valence-corrected chi connectivity index (χ2v) is 19.3. The molecule has 4 saturated carbocycles. The molecule has 14 nitrogen and oxygen atoms in total. The van der Waals surface area contributed by atoms with Crippen LogP contribution in [-0.4, -0.2) is 94.2 Å². The first-order valence-electron chi connectivity index (χ1n) is 21.3. The summed E-state index contributed by atoms with van der Waals surface area (Å²) in [6.07, 6.45) is 10.5. The number of nitrogens with one attached hydrogen (secondary N) is 2. The lowest BCUT2D eigenvalue weighted by Crippen LogP contribution is -2.52. The number of pyridine rings is 1. The van der Waals surface area contributed by atoms with E-state index in [1.807, 2.05) is 43.0 Å². The van der Waals surface area contributed by atoms with Crippen molar-refractivity contribution in [2.45, 2.75) is 91.1 Å². The van der Waals surface area contributed by atoms with Gasteiger partial charge in [0.05, 0.1) is 29.5 Å². The number of aromatic nitrogens is 4. The summed E-state index contributed by atoms with van der Waals surface area (Å²) in [4.78, 5) is 29.5. The number of hydrogen-bond acceptors (Lipinski definition) is 14. The van der Waals surface area contributed by atoms with Crippen LogP contribution in [0.5, 0.6) is 5.75 Å². The van der Waals surface area contributed by atoms with Crippen molar-refractivity contribution in [3.63, 3.8) is 0 Å². The van der Waals surface area contributed by atoms with Gasteiger partial charge >= 0.3 is 5.97 Å². The van der Waals surface area contributed by atoms with Gasteiger partial charge in [0.25, 0.3) is 0 Å². The third-order valence-electron chi connectivity index (χ3n) is 13.3. The Morgan fingerprint density at radius 2 is 1.92 bits per heavy atom. The zero-order valence-corrected chi connectivity index (χ0v) is 36.3. The molecule has 0 radical (unpaired) electrons. The van der Waals surface area contributed by atoms with E-state index in [4.69, 9.17) is 35.3 Å². The molecule has 3 aromatic heterocycles. The molecule has 4 heterocycles. The van der Waals surface area contributed by atoms with E-state index in [1.165, 1.54) is 30.4 Å². The SMILES string of the molecule is COc1ccc2sc(Nc3nnc4c(c3C)CCCN4c3ccc(C(=CN)C(C)=NCC4CC5(C)CC6(C)CC4CC(OCCNCCCO)(C5)C6)c(C(=O)O)n3)nc2c1. The maximum absolute atomic E-state index is 12.9. The molecule has 1 aliphatic heterocycles. The molecule has 4 fully saturated rings. The molecule has 5 unspecified atom stereocenters. The van der Waals surface area contributed by atoms with Gasteiger partial charge in [0.1, 0.15) is 11.6 Å². The maximum Gasteiger partial charge on any atom is 0.355 e. The van der Waals surface area contributed by atoms with Gasteiger partial charge in [-0.3, -0.25) is 4.99 Å². The molecule has 0 spiro atoms. The van der Waals surface area contributed by atoms with Crippen molar-refractivity contribution in [3.8, 4) is 5.75 Å². The fourth-order valence-corrected chi connectivity index (χ4v) is 12.2. The van der Waals surface area contributed by atoms with E-state index in [0.29, 0.717) is 71.0 Å². The number of nitrogens with zero attached hydrogens (tertiary/aromatic N) is 6. The predicted octanol–water partition coefficient (Wildman–Crippen LogP) is 7.44. The van der Waals surface area contributed by atoms with Crippen molar-refractivity contribution in [2.24, 2.45) is 33.4 Å². The number of aliphatic imine (C=N–C) groups is 1. The van der Waals surface area contributed by atoms with Gasteiger partial charge in [0.15, 0.2) is 22.5 Å². The Hall–Kier alpha value is -4.70. The Labute approximate surface area is 356 Å². The van der Waals surface area contributed by atoms with Crippen LogP contribution in [0.4, 0.5) is 22.6 Å². The standard InChI is InChI=1S/C45H59N9O5S/c1-27-32-8-6-15-54(40(32)53-52-39(27)51-42-49-35-18-31(58-5)9-11-36(35)60-42)37-12-10-33(38(50-37)41(56)57)34(22-46)28(2)48-23-30-20-44(4)24-43(3)19-29(30)21-45(25-43,26-44)59-17-14-47-13-7-16-55/h9-12,18,22,29-30,47,55H,6-8,13-17,19-21,23-26,46H2,1-5H3,(H,56,57)(H,49,51,52). The lowest BCUT2D eigenvalue weighted by molar-refractivity contribution is -0.162. The van der Waals surface area contributed by atoms with E-state index in [0.717, 1.165) is 85.1 Å². The van der Waals surface area contributed by atoms with Crippen molar-refractivity contribution in [1.29, 1.82) is 0 Å². The summed E-state index contributed by atoms with van der Waals surface area (Å²) < 4.78 is 13.2. The second kappa shape index (κ2) is 17.0. The number of anilines is 4. The zero-order valence-electron chi connectivity index (χ0n) is 35.5. The van der Waals surface area contributed by atoms with Crippen molar-refractivity contribution in [2.75, 3.05) is 56.7 Å². The third-order valence-corrected chi connectivity index (χ3v) is 14.3. The van der Waals surface area contributed by atoms with Crippen LogP contribution >= 0.6 is 11.3 Å². The number of aliphatic hydroxyl groups is 1. The number of rotatable bonds is 16. The quantitative estimate of drug-likeness (QED) is 0.0553. The predicted molar refractivity (Wildman–Crippen MR) is 237 cm³/mol. The van der Waals surface area contributed by atoms with E-state index >= 15 is 0 Å². The van der Waals surface area contributed by atoms with Crippen LogP contribution in [0.15, 0.2) is 41.5 Å². The maximum atomic E-state index is 12.9. The number of benzene rings is 1. The summed E-state index contributed by atoms with van der Waals surface area (Å²) in [5, 5.41) is 36.4. The van der Waals surface area contributed by atoms with Crippen LogP contribution < -0.4 is 26.0 Å². The molecule has 60 heavy (non-hydrogen) atoms. The summed E-state index contributed by atoms with van der Waals surface area (Å²) >= 11 is 1.53. The van der Waals surface area contributed by atoms with E-state index in [1.54, 1.807) is 13.2 Å². The summed E-state index contributed by atoms with van der Waals surface area (Å²) in [6.45, 7) is 12.6. The molecule has 5 atom stereocenters. The average Bonchev–Trinajstić information content (AvgIpc) is 3.56.